The number of hydrogen-bond acceptors (Lipinski definition) is 8. The number of nitrogens with zero attached hydrogens (tertiary/aromatic N) is 1. The fraction of sp³-hybridized carbons (Fsp3) is 0.464. The van der Waals surface area contributed by atoms with Gasteiger partial charge in [-0.05, 0) is 76.1 Å². The third-order valence-corrected chi connectivity index (χ3v) is 6.54. The number of rotatable bonds is 12. The van der Waals surface area contributed by atoms with Crippen LogP contribution in [0.25, 0.3) is 0 Å². The molecule has 11 heteroatoms. The first kappa shape index (κ1) is 30.7. The van der Waals surface area contributed by atoms with Gasteiger partial charge >= 0.3 is 5.97 Å². The number of ether oxygens (including phenoxy) is 3. The summed E-state index contributed by atoms with van der Waals surface area (Å²) in [6.07, 6.45) is -0.0980. The Morgan fingerprint density at radius 2 is 1.87 bits per heavy atom. The van der Waals surface area contributed by atoms with Crippen molar-refractivity contribution in [3.05, 3.63) is 63.6 Å². The summed E-state index contributed by atoms with van der Waals surface area (Å²) in [6, 6.07) is 12.2. The van der Waals surface area contributed by atoms with Crippen LogP contribution in [0.2, 0.25) is 10.0 Å². The lowest BCUT2D eigenvalue weighted by atomic mass is 9.88. The molecule has 0 bridgehead atoms. The third-order valence-electron chi connectivity index (χ3n) is 5.95. The maximum Gasteiger partial charge on any atom is 0.306 e. The Balaban J connectivity index is 1.79. The zero-order valence-electron chi connectivity index (χ0n) is 22.6. The molecule has 2 aromatic carbocycles. The molecule has 212 valence electrons. The number of aliphatic hydroxyl groups excluding tert-OH is 1. The summed E-state index contributed by atoms with van der Waals surface area (Å²) < 4.78 is 17.1. The zero-order chi connectivity index (χ0) is 28.6. The molecule has 0 aromatic heterocycles. The first-order valence-corrected chi connectivity index (χ1v) is 13.5. The van der Waals surface area contributed by atoms with Gasteiger partial charge in [-0.2, -0.15) is 0 Å². The molecule has 0 unspecified atom stereocenters. The van der Waals surface area contributed by atoms with Gasteiger partial charge in [0.1, 0.15) is 17.5 Å². The number of benzene rings is 2. The van der Waals surface area contributed by atoms with Gasteiger partial charge in [-0.25, -0.2) is 10.4 Å². The van der Waals surface area contributed by atoms with Crippen LogP contribution in [-0.4, -0.2) is 53.3 Å². The molecule has 1 amide bonds. The number of amides is 1. The Morgan fingerprint density at radius 1 is 1.15 bits per heavy atom. The topological polar surface area (TPSA) is 118 Å². The van der Waals surface area contributed by atoms with Crippen LogP contribution in [0.5, 0.6) is 5.75 Å². The van der Waals surface area contributed by atoms with Crippen molar-refractivity contribution in [2.75, 3.05) is 13.2 Å². The van der Waals surface area contributed by atoms with Gasteiger partial charge in [0.25, 0.3) is 5.91 Å². The zero-order valence-corrected chi connectivity index (χ0v) is 24.1. The maximum absolute atomic E-state index is 13.6. The highest BCUT2D eigenvalue weighted by molar-refractivity contribution is 6.35. The molecule has 0 saturated heterocycles. The van der Waals surface area contributed by atoms with Gasteiger partial charge in [0.2, 0.25) is 5.90 Å². The van der Waals surface area contributed by atoms with E-state index in [0.717, 1.165) is 5.56 Å². The number of carbonyl (C=O) groups is 2. The van der Waals surface area contributed by atoms with E-state index in [9.17, 15) is 9.59 Å². The predicted molar refractivity (Wildman–Crippen MR) is 150 cm³/mol. The number of aliphatic hydroxyl groups is 1. The molecule has 1 aliphatic heterocycles. The molecule has 0 fully saturated rings. The first-order chi connectivity index (χ1) is 18.4. The second-order valence-corrected chi connectivity index (χ2v) is 11.0. The van der Waals surface area contributed by atoms with E-state index in [4.69, 9.17) is 47.5 Å². The van der Waals surface area contributed by atoms with Crippen molar-refractivity contribution in [3.63, 3.8) is 0 Å². The highest BCUT2D eigenvalue weighted by Crippen LogP contribution is 2.34. The predicted octanol–water partition coefficient (Wildman–Crippen LogP) is 4.60. The lowest BCUT2D eigenvalue weighted by Gasteiger charge is -2.28. The van der Waals surface area contributed by atoms with Gasteiger partial charge in [0.15, 0.2) is 5.54 Å². The average Bonchev–Trinajstić information content (AvgIpc) is 3.21. The molecule has 0 aliphatic carbocycles. The van der Waals surface area contributed by atoms with Crippen molar-refractivity contribution in [2.24, 2.45) is 4.99 Å². The summed E-state index contributed by atoms with van der Waals surface area (Å²) >= 11 is 12.2. The molecule has 3 N–H and O–H groups in total. The number of hydrogen-bond donors (Lipinski definition) is 3. The quantitative estimate of drug-likeness (QED) is 0.191. The highest BCUT2D eigenvalue weighted by Gasteiger charge is 2.50. The van der Waals surface area contributed by atoms with Gasteiger partial charge in [0.05, 0.1) is 6.61 Å². The standard InChI is InChI=1S/C28H35Cl2N3O6/c1-18-28(13-12-24(35)39-27(2,3)4,26(36)33-31-17-20-6-9-21(29)16-23(20)30)32-25(38-18)19-7-10-22(11-8-19)37-15-5-14-34/h6-11,16,18,31,34H,5,12-15,17H2,1-4H3,(H,33,36)/t18-,28-/m0/s1. The van der Waals surface area contributed by atoms with E-state index in [-0.39, 0.29) is 31.9 Å². The molecule has 0 spiro atoms. The van der Waals surface area contributed by atoms with E-state index < -0.39 is 29.1 Å². The average molecular weight is 581 g/mol. The minimum atomic E-state index is -1.39. The molecule has 0 radical (unpaired) electrons. The van der Waals surface area contributed by atoms with Crippen LogP contribution in [0.1, 0.15) is 58.1 Å². The largest absolute Gasteiger partial charge is 0.494 e. The maximum atomic E-state index is 13.6. The molecule has 0 saturated carbocycles. The molecule has 1 aliphatic rings. The summed E-state index contributed by atoms with van der Waals surface area (Å²) in [4.78, 5) is 30.8. The Kier molecular flexibility index (Phi) is 10.6. The SMILES string of the molecule is C[C@@H]1OC(c2ccc(OCCCO)cc2)=N[C@]1(CCC(=O)OC(C)(C)C)C(=O)NNCc1ccc(Cl)cc1Cl. The summed E-state index contributed by atoms with van der Waals surface area (Å²) in [7, 11) is 0. The third kappa shape index (κ3) is 8.57. The highest BCUT2D eigenvalue weighted by atomic mass is 35.5. The van der Waals surface area contributed by atoms with Crippen molar-refractivity contribution in [1.29, 1.82) is 0 Å². The molecule has 2 atom stereocenters. The van der Waals surface area contributed by atoms with Gasteiger partial charge in [-0.1, -0.05) is 29.3 Å². The fourth-order valence-corrected chi connectivity index (χ4v) is 4.41. The molecule has 9 nitrogen and oxygen atoms in total. The Bertz CT molecular complexity index is 1180. The van der Waals surface area contributed by atoms with E-state index in [1.165, 1.54) is 0 Å². The van der Waals surface area contributed by atoms with Crippen molar-refractivity contribution < 1.29 is 28.9 Å². The number of aliphatic imine (C=N–C) groups is 1. The molecule has 39 heavy (non-hydrogen) atoms. The molecular formula is C28H35Cl2N3O6. The number of esters is 1. The Morgan fingerprint density at radius 3 is 2.51 bits per heavy atom. The summed E-state index contributed by atoms with van der Waals surface area (Å²) in [5, 5.41) is 9.90. The van der Waals surface area contributed by atoms with Gasteiger partial charge in [0, 0.05) is 41.6 Å². The molecule has 1 heterocycles. The van der Waals surface area contributed by atoms with Crippen LogP contribution in [-0.2, 0) is 25.6 Å². The van der Waals surface area contributed by atoms with E-state index in [1.807, 2.05) is 0 Å². The summed E-state index contributed by atoms with van der Waals surface area (Å²) in [5.74, 6) is 0.0285. The Labute approximate surface area is 238 Å². The molecule has 2 aromatic rings. The smallest absolute Gasteiger partial charge is 0.306 e. The second kappa shape index (κ2) is 13.5. The summed E-state index contributed by atoms with van der Waals surface area (Å²) in [5.41, 5.74) is 4.96. The minimum Gasteiger partial charge on any atom is -0.494 e. The van der Waals surface area contributed by atoms with E-state index in [2.05, 4.69) is 10.9 Å². The summed E-state index contributed by atoms with van der Waals surface area (Å²) in [6.45, 7) is 7.79. The normalized spacial score (nSPS) is 18.7. The molecule has 3 rings (SSSR count). The number of hydrazine groups is 1. The van der Waals surface area contributed by atoms with E-state index in [0.29, 0.717) is 34.4 Å². The second-order valence-electron chi connectivity index (χ2n) is 10.2. The lowest BCUT2D eigenvalue weighted by molar-refractivity contribution is -0.155. The molecular weight excluding hydrogens is 545 g/mol. The van der Waals surface area contributed by atoms with Crippen LogP contribution < -0.4 is 15.6 Å². The van der Waals surface area contributed by atoms with Crippen LogP contribution in [0, 0.1) is 0 Å². The number of halogens is 2. The lowest BCUT2D eigenvalue weighted by Crippen LogP contribution is -2.54. The van der Waals surface area contributed by atoms with Crippen molar-refractivity contribution in [1.82, 2.24) is 10.9 Å². The minimum absolute atomic E-state index is 0.0319. The Hall–Kier alpha value is -2.85. The van der Waals surface area contributed by atoms with Crippen molar-refractivity contribution >= 4 is 41.0 Å². The van der Waals surface area contributed by atoms with Crippen LogP contribution in [0.3, 0.4) is 0 Å². The first-order valence-electron chi connectivity index (χ1n) is 12.7. The van der Waals surface area contributed by atoms with Crippen LogP contribution in [0.4, 0.5) is 0 Å². The van der Waals surface area contributed by atoms with E-state index >= 15 is 0 Å². The van der Waals surface area contributed by atoms with Gasteiger partial charge in [-0.3, -0.25) is 15.0 Å². The van der Waals surface area contributed by atoms with Crippen molar-refractivity contribution in [3.8, 4) is 5.75 Å². The van der Waals surface area contributed by atoms with Crippen LogP contribution in [0.15, 0.2) is 47.5 Å². The van der Waals surface area contributed by atoms with Gasteiger partial charge in [-0.15, -0.1) is 0 Å². The number of carbonyl (C=O) groups excluding carboxylic acids is 2. The number of nitrogens with one attached hydrogen (secondary N) is 2. The van der Waals surface area contributed by atoms with Gasteiger partial charge < -0.3 is 19.3 Å². The van der Waals surface area contributed by atoms with Crippen LogP contribution >= 0.6 is 23.2 Å². The fourth-order valence-electron chi connectivity index (χ4n) is 3.93. The monoisotopic (exact) mass is 579 g/mol. The van der Waals surface area contributed by atoms with E-state index in [1.54, 1.807) is 70.2 Å². The van der Waals surface area contributed by atoms with Crippen molar-refractivity contribution in [2.45, 2.75) is 70.7 Å².